The Hall–Kier alpha value is -1.56. The van der Waals surface area contributed by atoms with Gasteiger partial charge in [0, 0.05) is 37.1 Å². The Morgan fingerprint density at radius 1 is 1.38 bits per heavy atom. The summed E-state index contributed by atoms with van der Waals surface area (Å²) in [6.07, 6.45) is 3.61. The van der Waals surface area contributed by atoms with Crippen molar-refractivity contribution in [1.82, 2.24) is 15.1 Å². The van der Waals surface area contributed by atoms with Gasteiger partial charge in [0.25, 0.3) is 0 Å². The summed E-state index contributed by atoms with van der Waals surface area (Å²) >= 11 is 1.71. The van der Waals surface area contributed by atoms with Gasteiger partial charge in [-0.1, -0.05) is 6.07 Å². The molecule has 0 bridgehead atoms. The molecule has 3 rings (SSSR count). The maximum atomic E-state index is 12.9. The van der Waals surface area contributed by atoms with E-state index in [4.69, 9.17) is 0 Å². The van der Waals surface area contributed by atoms with Gasteiger partial charge in [-0.25, -0.2) is 4.79 Å². The van der Waals surface area contributed by atoms with Gasteiger partial charge in [0.15, 0.2) is 0 Å². The van der Waals surface area contributed by atoms with Gasteiger partial charge < -0.3 is 15.1 Å². The summed E-state index contributed by atoms with van der Waals surface area (Å²) in [4.78, 5) is 30.4. The Kier molecular flexibility index (Phi) is 5.13. The van der Waals surface area contributed by atoms with E-state index < -0.39 is 0 Å². The van der Waals surface area contributed by atoms with Gasteiger partial charge in [-0.05, 0) is 51.0 Å². The van der Waals surface area contributed by atoms with Crippen molar-refractivity contribution >= 4 is 23.3 Å². The van der Waals surface area contributed by atoms with Gasteiger partial charge in [0.2, 0.25) is 5.91 Å². The number of nitrogens with zero attached hydrogens (tertiary/aromatic N) is 2. The zero-order valence-electron chi connectivity index (χ0n) is 14.6. The highest BCUT2D eigenvalue weighted by Crippen LogP contribution is 2.40. The number of carbonyl (C=O) groups is 2. The number of urea groups is 1. The summed E-state index contributed by atoms with van der Waals surface area (Å²) in [5.74, 6) is 0.248. The fraction of sp³-hybridized carbons (Fsp3) is 0.667. The first-order chi connectivity index (χ1) is 11.5. The molecule has 5 nitrogen and oxygen atoms in total. The molecule has 2 saturated heterocycles. The van der Waals surface area contributed by atoms with Crippen molar-refractivity contribution in [3.05, 3.63) is 22.4 Å². The van der Waals surface area contributed by atoms with Crippen LogP contribution in [0.2, 0.25) is 0 Å². The quantitative estimate of drug-likeness (QED) is 0.909. The first-order valence-electron chi connectivity index (χ1n) is 8.88. The minimum absolute atomic E-state index is 0.0297. The van der Waals surface area contributed by atoms with E-state index >= 15 is 0 Å². The van der Waals surface area contributed by atoms with Gasteiger partial charge in [-0.3, -0.25) is 4.79 Å². The summed E-state index contributed by atoms with van der Waals surface area (Å²) in [5, 5.41) is 5.05. The minimum Gasteiger partial charge on any atom is -0.340 e. The van der Waals surface area contributed by atoms with Crippen LogP contribution in [0.25, 0.3) is 0 Å². The number of piperidine rings is 1. The monoisotopic (exact) mass is 349 g/mol. The molecule has 2 aliphatic rings. The van der Waals surface area contributed by atoms with Crippen LogP contribution in [0, 0.1) is 5.41 Å². The van der Waals surface area contributed by atoms with Crippen molar-refractivity contribution in [1.29, 1.82) is 0 Å². The highest BCUT2D eigenvalue weighted by Gasteiger charge is 2.49. The predicted octanol–water partition coefficient (Wildman–Crippen LogP) is 2.72. The molecular weight excluding hydrogens is 322 g/mol. The van der Waals surface area contributed by atoms with Crippen LogP contribution in [0.5, 0.6) is 0 Å². The second-order valence-electron chi connectivity index (χ2n) is 7.21. The zero-order chi connectivity index (χ0) is 17.2. The third-order valence-electron chi connectivity index (χ3n) is 5.26. The standard InChI is InChI=1S/C18H27N3O2S/c1-14(2)21-10-4-7-18(16(21)22)8-11-20(13-18)17(23)19-9-6-15-5-3-12-24-15/h3,5,12,14H,4,6-11,13H2,1-2H3,(H,19,23). The number of thiophene rings is 1. The molecule has 1 atom stereocenters. The summed E-state index contributed by atoms with van der Waals surface area (Å²) in [6, 6.07) is 4.32. The molecule has 0 saturated carbocycles. The summed E-state index contributed by atoms with van der Waals surface area (Å²) in [7, 11) is 0. The number of carbonyl (C=O) groups excluding carboxylic acids is 2. The summed E-state index contributed by atoms with van der Waals surface area (Å²) in [6.45, 7) is 6.89. The predicted molar refractivity (Wildman–Crippen MR) is 96.1 cm³/mol. The Bertz CT molecular complexity index is 587. The largest absolute Gasteiger partial charge is 0.340 e. The van der Waals surface area contributed by atoms with Gasteiger partial charge in [0.05, 0.1) is 5.41 Å². The van der Waals surface area contributed by atoms with Crippen molar-refractivity contribution in [3.8, 4) is 0 Å². The van der Waals surface area contributed by atoms with Crippen LogP contribution in [-0.4, -0.2) is 54.0 Å². The van der Waals surface area contributed by atoms with E-state index in [9.17, 15) is 9.59 Å². The number of hydrogen-bond donors (Lipinski definition) is 1. The van der Waals surface area contributed by atoms with Crippen LogP contribution in [0.15, 0.2) is 17.5 Å². The minimum atomic E-state index is -0.340. The molecule has 3 heterocycles. The van der Waals surface area contributed by atoms with Crippen LogP contribution in [-0.2, 0) is 11.2 Å². The molecule has 2 aliphatic heterocycles. The van der Waals surface area contributed by atoms with Gasteiger partial charge >= 0.3 is 6.03 Å². The molecule has 1 aromatic heterocycles. The molecule has 6 heteroatoms. The van der Waals surface area contributed by atoms with E-state index in [1.165, 1.54) is 4.88 Å². The van der Waals surface area contributed by atoms with E-state index in [2.05, 4.69) is 30.6 Å². The third kappa shape index (κ3) is 3.43. The van der Waals surface area contributed by atoms with E-state index in [1.54, 1.807) is 11.3 Å². The van der Waals surface area contributed by atoms with Crippen molar-refractivity contribution in [2.75, 3.05) is 26.2 Å². The zero-order valence-corrected chi connectivity index (χ0v) is 15.4. The molecule has 0 radical (unpaired) electrons. The average molecular weight is 350 g/mol. The number of amides is 3. The summed E-state index contributed by atoms with van der Waals surface area (Å²) in [5.41, 5.74) is -0.340. The molecule has 1 spiro atoms. The van der Waals surface area contributed by atoms with E-state index in [0.29, 0.717) is 19.6 Å². The van der Waals surface area contributed by atoms with Crippen molar-refractivity contribution in [3.63, 3.8) is 0 Å². The summed E-state index contributed by atoms with van der Waals surface area (Å²) < 4.78 is 0. The lowest BCUT2D eigenvalue weighted by atomic mass is 9.78. The Morgan fingerprint density at radius 2 is 2.21 bits per heavy atom. The number of likely N-dealkylation sites (tertiary alicyclic amines) is 2. The first-order valence-corrected chi connectivity index (χ1v) is 9.76. The lowest BCUT2D eigenvalue weighted by molar-refractivity contribution is -0.147. The second-order valence-corrected chi connectivity index (χ2v) is 8.24. The van der Waals surface area contributed by atoms with Crippen LogP contribution in [0.4, 0.5) is 4.79 Å². The smallest absolute Gasteiger partial charge is 0.317 e. The molecule has 1 aromatic rings. The van der Waals surface area contributed by atoms with Crippen molar-refractivity contribution in [2.45, 2.75) is 45.6 Å². The SMILES string of the molecule is CC(C)N1CCCC2(CCN(C(=O)NCCc3cccs3)C2)C1=O. The van der Waals surface area contributed by atoms with E-state index in [1.807, 2.05) is 15.9 Å². The van der Waals surface area contributed by atoms with Gasteiger partial charge in [-0.15, -0.1) is 11.3 Å². The first kappa shape index (κ1) is 17.3. The fourth-order valence-electron chi connectivity index (χ4n) is 3.88. The maximum absolute atomic E-state index is 12.9. The average Bonchev–Trinajstić information content (AvgIpc) is 3.20. The fourth-order valence-corrected chi connectivity index (χ4v) is 4.59. The molecule has 0 aliphatic carbocycles. The molecule has 24 heavy (non-hydrogen) atoms. The Labute approximate surface area is 148 Å². The maximum Gasteiger partial charge on any atom is 0.317 e. The number of rotatable bonds is 4. The Balaban J connectivity index is 1.54. The van der Waals surface area contributed by atoms with E-state index in [-0.39, 0.29) is 23.4 Å². The lowest BCUT2D eigenvalue weighted by Crippen LogP contribution is -2.53. The van der Waals surface area contributed by atoms with Gasteiger partial charge in [-0.2, -0.15) is 0 Å². The molecular formula is C18H27N3O2S. The highest BCUT2D eigenvalue weighted by molar-refractivity contribution is 7.09. The molecule has 3 amide bonds. The van der Waals surface area contributed by atoms with Crippen LogP contribution >= 0.6 is 11.3 Å². The van der Waals surface area contributed by atoms with Gasteiger partial charge in [0.1, 0.15) is 0 Å². The molecule has 0 aromatic carbocycles. The van der Waals surface area contributed by atoms with Crippen molar-refractivity contribution in [2.24, 2.45) is 5.41 Å². The third-order valence-corrected chi connectivity index (χ3v) is 6.20. The second kappa shape index (κ2) is 7.13. The topological polar surface area (TPSA) is 52.6 Å². The van der Waals surface area contributed by atoms with E-state index in [0.717, 1.165) is 32.2 Å². The van der Waals surface area contributed by atoms with Crippen molar-refractivity contribution < 1.29 is 9.59 Å². The molecule has 1 unspecified atom stereocenters. The van der Waals surface area contributed by atoms with Crippen LogP contribution < -0.4 is 5.32 Å². The molecule has 1 N–H and O–H groups in total. The Morgan fingerprint density at radius 3 is 2.92 bits per heavy atom. The molecule has 2 fully saturated rings. The highest BCUT2D eigenvalue weighted by atomic mass is 32.1. The number of hydrogen-bond acceptors (Lipinski definition) is 3. The number of nitrogens with one attached hydrogen (secondary N) is 1. The molecule has 132 valence electrons. The van der Waals surface area contributed by atoms with Crippen LogP contribution in [0.1, 0.15) is 38.0 Å². The lowest BCUT2D eigenvalue weighted by Gasteiger charge is -2.41. The van der Waals surface area contributed by atoms with Crippen LogP contribution in [0.3, 0.4) is 0 Å². The normalized spacial score (nSPS) is 24.2.